The average molecular weight is 367 g/mol. The van der Waals surface area contributed by atoms with Crippen LogP contribution in [0.1, 0.15) is 17.1 Å². The van der Waals surface area contributed by atoms with Gasteiger partial charge in [-0.15, -0.1) is 5.10 Å². The molecule has 0 unspecified atom stereocenters. The fourth-order valence-electron chi connectivity index (χ4n) is 3.68. The zero-order valence-electron chi connectivity index (χ0n) is 16.0. The summed E-state index contributed by atoms with van der Waals surface area (Å²) in [7, 11) is 1.97. The van der Waals surface area contributed by atoms with E-state index in [2.05, 4.69) is 26.3 Å². The first-order chi connectivity index (χ1) is 13.0. The van der Waals surface area contributed by atoms with E-state index < -0.39 is 0 Å². The highest BCUT2D eigenvalue weighted by molar-refractivity contribution is 5.23. The number of hydrogen-bond acceptors (Lipinski definition) is 5. The summed E-state index contributed by atoms with van der Waals surface area (Å²) in [4.78, 5) is 14.6. The van der Waals surface area contributed by atoms with Crippen molar-refractivity contribution in [1.29, 1.82) is 0 Å². The molecule has 1 aliphatic heterocycles. The fraction of sp³-hybridized carbons (Fsp3) is 0.474. The Morgan fingerprint density at radius 3 is 2.63 bits per heavy atom. The molecular formula is C19H25N7O. The van der Waals surface area contributed by atoms with E-state index in [0.717, 1.165) is 37.4 Å². The lowest BCUT2D eigenvalue weighted by Crippen LogP contribution is -2.50. The van der Waals surface area contributed by atoms with Crippen molar-refractivity contribution in [3.8, 4) is 5.82 Å². The monoisotopic (exact) mass is 367 g/mol. The summed E-state index contributed by atoms with van der Waals surface area (Å²) in [6.07, 6.45) is 2.83. The minimum atomic E-state index is -0.0615. The topological polar surface area (TPSA) is 73.8 Å². The molecule has 3 aromatic heterocycles. The van der Waals surface area contributed by atoms with Crippen molar-refractivity contribution in [1.82, 2.24) is 34.2 Å². The summed E-state index contributed by atoms with van der Waals surface area (Å²) >= 11 is 0. The Labute approximate surface area is 158 Å². The number of likely N-dealkylation sites (tertiary alicyclic amines) is 1. The second-order valence-corrected chi connectivity index (χ2v) is 7.37. The second-order valence-electron chi connectivity index (χ2n) is 7.37. The number of aromatic nitrogens is 6. The van der Waals surface area contributed by atoms with E-state index in [-0.39, 0.29) is 5.56 Å². The van der Waals surface area contributed by atoms with Crippen LogP contribution in [0.25, 0.3) is 5.82 Å². The summed E-state index contributed by atoms with van der Waals surface area (Å²) in [5, 5.41) is 13.2. The van der Waals surface area contributed by atoms with Gasteiger partial charge in [-0.1, -0.05) is 0 Å². The molecule has 0 aliphatic carbocycles. The molecular weight excluding hydrogens is 342 g/mol. The molecule has 0 spiro atoms. The molecule has 8 heteroatoms. The van der Waals surface area contributed by atoms with Gasteiger partial charge in [-0.2, -0.15) is 10.2 Å². The third-order valence-electron chi connectivity index (χ3n) is 5.15. The smallest absolute Gasteiger partial charge is 0.266 e. The third kappa shape index (κ3) is 3.71. The Morgan fingerprint density at radius 2 is 1.96 bits per heavy atom. The summed E-state index contributed by atoms with van der Waals surface area (Å²) < 4.78 is 5.28. The Kier molecular flexibility index (Phi) is 4.65. The second kappa shape index (κ2) is 7.11. The molecule has 0 saturated carbocycles. The van der Waals surface area contributed by atoms with E-state index >= 15 is 0 Å². The summed E-state index contributed by atoms with van der Waals surface area (Å²) in [6, 6.07) is 7.38. The lowest BCUT2D eigenvalue weighted by Gasteiger charge is -2.39. The Bertz CT molecular complexity index is 994. The molecule has 1 aliphatic rings. The molecule has 0 atom stereocenters. The van der Waals surface area contributed by atoms with E-state index in [1.165, 1.54) is 5.69 Å². The molecule has 0 aromatic carbocycles. The van der Waals surface area contributed by atoms with E-state index in [1.54, 1.807) is 21.5 Å². The first-order valence-corrected chi connectivity index (χ1v) is 9.30. The van der Waals surface area contributed by atoms with E-state index in [4.69, 9.17) is 0 Å². The highest BCUT2D eigenvalue weighted by Crippen LogP contribution is 2.17. The predicted octanol–water partition coefficient (Wildman–Crippen LogP) is 0.954. The van der Waals surface area contributed by atoms with Crippen molar-refractivity contribution in [2.24, 2.45) is 13.0 Å². The molecule has 4 rings (SSSR count). The van der Waals surface area contributed by atoms with Crippen molar-refractivity contribution in [3.63, 3.8) is 0 Å². The first kappa shape index (κ1) is 17.7. The van der Waals surface area contributed by atoms with Gasteiger partial charge in [-0.3, -0.25) is 9.48 Å². The number of nitrogens with zero attached hydrogens (tertiary/aromatic N) is 7. The SMILES string of the molecule is Cc1cc(C)n(-c2ccc(=O)n(CC3CN(CCc4ccnn4C)C3)n2)n1. The van der Waals surface area contributed by atoms with Gasteiger partial charge in [0, 0.05) is 62.7 Å². The first-order valence-electron chi connectivity index (χ1n) is 9.30. The highest BCUT2D eigenvalue weighted by atomic mass is 16.1. The summed E-state index contributed by atoms with van der Waals surface area (Å²) in [5.41, 5.74) is 3.13. The van der Waals surface area contributed by atoms with Crippen molar-refractivity contribution < 1.29 is 0 Å². The normalized spacial score (nSPS) is 15.2. The van der Waals surface area contributed by atoms with E-state index in [0.29, 0.717) is 18.3 Å². The van der Waals surface area contributed by atoms with Gasteiger partial charge in [0.05, 0.1) is 12.2 Å². The van der Waals surface area contributed by atoms with E-state index in [1.807, 2.05) is 37.8 Å². The summed E-state index contributed by atoms with van der Waals surface area (Å²) in [6.45, 7) is 7.60. The van der Waals surface area contributed by atoms with Crippen LogP contribution in [-0.4, -0.2) is 53.9 Å². The maximum Gasteiger partial charge on any atom is 0.266 e. The average Bonchev–Trinajstić information content (AvgIpc) is 3.16. The molecule has 4 heterocycles. The fourth-order valence-corrected chi connectivity index (χ4v) is 3.68. The zero-order valence-corrected chi connectivity index (χ0v) is 16.0. The van der Waals surface area contributed by atoms with Crippen molar-refractivity contribution >= 4 is 0 Å². The zero-order chi connectivity index (χ0) is 19.0. The molecule has 1 saturated heterocycles. The minimum Gasteiger partial charge on any atom is -0.302 e. The molecule has 0 amide bonds. The highest BCUT2D eigenvalue weighted by Gasteiger charge is 2.27. The van der Waals surface area contributed by atoms with Gasteiger partial charge >= 0.3 is 0 Å². The lowest BCUT2D eigenvalue weighted by atomic mass is 10.00. The molecule has 0 N–H and O–H groups in total. The van der Waals surface area contributed by atoms with Crippen molar-refractivity contribution in [2.45, 2.75) is 26.8 Å². The van der Waals surface area contributed by atoms with Gasteiger partial charge in [0.25, 0.3) is 5.56 Å². The van der Waals surface area contributed by atoms with Crippen LogP contribution >= 0.6 is 0 Å². The maximum atomic E-state index is 12.2. The van der Waals surface area contributed by atoms with Crippen LogP contribution in [0.4, 0.5) is 0 Å². The van der Waals surface area contributed by atoms with Gasteiger partial charge in [-0.05, 0) is 32.0 Å². The van der Waals surface area contributed by atoms with Crippen LogP contribution in [0, 0.1) is 19.8 Å². The molecule has 142 valence electrons. The third-order valence-corrected chi connectivity index (χ3v) is 5.15. The largest absolute Gasteiger partial charge is 0.302 e. The molecule has 27 heavy (non-hydrogen) atoms. The van der Waals surface area contributed by atoms with Gasteiger partial charge in [0.2, 0.25) is 0 Å². The standard InChI is InChI=1S/C19H25N7O/c1-14-10-15(2)26(21-14)18-4-5-19(27)25(22-18)13-16-11-24(12-16)9-7-17-6-8-20-23(17)3/h4-6,8,10,16H,7,9,11-13H2,1-3H3. The van der Waals surface area contributed by atoms with Crippen LogP contribution in [0.5, 0.6) is 0 Å². The van der Waals surface area contributed by atoms with Crippen LogP contribution in [0.15, 0.2) is 35.3 Å². The Hall–Kier alpha value is -2.74. The molecule has 0 bridgehead atoms. The number of aryl methyl sites for hydroxylation is 3. The summed E-state index contributed by atoms with van der Waals surface area (Å²) in [5.74, 6) is 1.14. The molecule has 1 fully saturated rings. The Balaban J connectivity index is 1.36. The van der Waals surface area contributed by atoms with Crippen LogP contribution < -0.4 is 5.56 Å². The minimum absolute atomic E-state index is 0.0615. The van der Waals surface area contributed by atoms with Gasteiger partial charge in [0.1, 0.15) is 0 Å². The van der Waals surface area contributed by atoms with Gasteiger partial charge in [0.15, 0.2) is 5.82 Å². The maximum absolute atomic E-state index is 12.2. The van der Waals surface area contributed by atoms with Crippen LogP contribution in [0.2, 0.25) is 0 Å². The van der Waals surface area contributed by atoms with Crippen molar-refractivity contribution in [2.75, 3.05) is 19.6 Å². The van der Waals surface area contributed by atoms with Gasteiger partial charge in [-0.25, -0.2) is 9.36 Å². The lowest BCUT2D eigenvalue weighted by molar-refractivity contribution is 0.0850. The van der Waals surface area contributed by atoms with Crippen molar-refractivity contribution in [3.05, 3.63) is 57.9 Å². The predicted molar refractivity (Wildman–Crippen MR) is 102 cm³/mol. The van der Waals surface area contributed by atoms with E-state index in [9.17, 15) is 4.79 Å². The van der Waals surface area contributed by atoms with Crippen LogP contribution in [0.3, 0.4) is 0 Å². The van der Waals surface area contributed by atoms with Crippen LogP contribution in [-0.2, 0) is 20.0 Å². The molecule has 0 radical (unpaired) electrons. The van der Waals surface area contributed by atoms with Gasteiger partial charge < -0.3 is 4.90 Å². The molecule has 3 aromatic rings. The Morgan fingerprint density at radius 1 is 1.15 bits per heavy atom. The number of hydrogen-bond donors (Lipinski definition) is 0. The molecule has 8 nitrogen and oxygen atoms in total. The number of rotatable bonds is 6. The quantitative estimate of drug-likeness (QED) is 0.649.